The molecule has 0 fully saturated rings. The minimum absolute atomic E-state index is 0.240. The Morgan fingerprint density at radius 2 is 1.86 bits per heavy atom. The molecule has 2 aromatic heterocycles. The maximum atomic E-state index is 13.1. The van der Waals surface area contributed by atoms with Gasteiger partial charge >= 0.3 is 0 Å². The number of aryl methyl sites for hydroxylation is 1. The van der Waals surface area contributed by atoms with Crippen LogP contribution < -0.4 is 10.7 Å². The van der Waals surface area contributed by atoms with Gasteiger partial charge in [-0.25, -0.2) is 4.68 Å². The number of aromatic nitrogens is 2. The maximum absolute atomic E-state index is 13.1. The van der Waals surface area contributed by atoms with Crippen molar-refractivity contribution in [1.29, 1.82) is 0 Å². The van der Waals surface area contributed by atoms with E-state index in [0.717, 1.165) is 0 Å². The Hall–Kier alpha value is -3.22. The normalized spacial score (nSPS) is 10.7. The van der Waals surface area contributed by atoms with E-state index >= 15 is 0 Å². The lowest BCUT2D eigenvalue weighted by Gasteiger charge is -2.18. The van der Waals surface area contributed by atoms with Gasteiger partial charge in [-0.2, -0.15) is 5.10 Å². The zero-order valence-corrected chi connectivity index (χ0v) is 17.0. The first kappa shape index (κ1) is 19.1. The molecular weight excluding hydrogens is 406 g/mol. The molecule has 4 aromatic rings. The number of halogens is 1. The number of nitrogens with one attached hydrogen (secondary N) is 1. The highest BCUT2D eigenvalue weighted by molar-refractivity contribution is 7.12. The van der Waals surface area contributed by atoms with Gasteiger partial charge in [0.2, 0.25) is 5.43 Å². The summed E-state index contributed by atoms with van der Waals surface area (Å²) >= 11 is 7.50. The summed E-state index contributed by atoms with van der Waals surface area (Å²) in [5.41, 5.74) is 1.79. The van der Waals surface area contributed by atoms with Gasteiger partial charge in [0.25, 0.3) is 5.91 Å². The fourth-order valence-electron chi connectivity index (χ4n) is 3.00. The Bertz CT molecular complexity index is 1230. The monoisotopic (exact) mass is 421 g/mol. The van der Waals surface area contributed by atoms with Crippen molar-refractivity contribution >= 4 is 34.7 Å². The Labute approximate surface area is 176 Å². The van der Waals surface area contributed by atoms with Crippen molar-refractivity contribution in [1.82, 2.24) is 9.78 Å². The number of benzene rings is 2. The van der Waals surface area contributed by atoms with Crippen molar-refractivity contribution < 1.29 is 4.79 Å². The van der Waals surface area contributed by atoms with Crippen LogP contribution in [-0.4, -0.2) is 15.7 Å². The molecule has 0 aliphatic heterocycles. The molecule has 5 nitrogen and oxygen atoms in total. The van der Waals surface area contributed by atoms with Crippen molar-refractivity contribution in [2.45, 2.75) is 6.92 Å². The van der Waals surface area contributed by atoms with E-state index in [1.165, 1.54) is 11.3 Å². The van der Waals surface area contributed by atoms with Gasteiger partial charge in [0.05, 0.1) is 16.1 Å². The van der Waals surface area contributed by atoms with Crippen molar-refractivity contribution in [3.05, 3.63) is 97.9 Å². The summed E-state index contributed by atoms with van der Waals surface area (Å²) in [6.45, 7) is 1.65. The topological polar surface area (TPSA) is 64.0 Å². The SMILES string of the molecule is Cc1nn(-c2cccc(Cl)c2)c(NC(=O)c2cccs2)c(-c2ccccc2)c1=O. The number of carbonyl (C=O) groups excluding carboxylic acids is 1. The van der Waals surface area contributed by atoms with Crippen LogP contribution in [0.5, 0.6) is 0 Å². The van der Waals surface area contributed by atoms with Crippen LogP contribution in [0.25, 0.3) is 16.8 Å². The summed E-state index contributed by atoms with van der Waals surface area (Å²) in [7, 11) is 0. The first-order valence-corrected chi connectivity index (χ1v) is 10.1. The number of thiophene rings is 1. The molecule has 0 saturated carbocycles. The van der Waals surface area contributed by atoms with E-state index in [-0.39, 0.29) is 11.3 Å². The van der Waals surface area contributed by atoms with E-state index in [2.05, 4.69) is 10.4 Å². The highest BCUT2D eigenvalue weighted by Crippen LogP contribution is 2.28. The minimum Gasteiger partial charge on any atom is -0.305 e. The third-order valence-electron chi connectivity index (χ3n) is 4.35. The molecule has 0 bridgehead atoms. The molecule has 0 unspecified atom stereocenters. The van der Waals surface area contributed by atoms with Gasteiger partial charge in [0.15, 0.2) is 0 Å². The van der Waals surface area contributed by atoms with Crippen molar-refractivity contribution in [3.63, 3.8) is 0 Å². The summed E-state index contributed by atoms with van der Waals surface area (Å²) < 4.78 is 1.55. The predicted octanol–water partition coefficient (Wildman–Crippen LogP) is 5.18. The molecular formula is C22H16ClN3O2S. The third kappa shape index (κ3) is 3.85. The Kier molecular flexibility index (Phi) is 5.29. The number of nitrogens with zero attached hydrogens (tertiary/aromatic N) is 2. The minimum atomic E-state index is -0.307. The van der Waals surface area contributed by atoms with Gasteiger partial charge in [-0.15, -0.1) is 11.3 Å². The van der Waals surface area contributed by atoms with Gasteiger partial charge in [0.1, 0.15) is 11.5 Å². The molecule has 0 atom stereocenters. The number of hydrogen-bond donors (Lipinski definition) is 1. The molecule has 0 saturated heterocycles. The summed E-state index contributed by atoms with van der Waals surface area (Å²) in [5.74, 6) is -0.00882. The first-order valence-electron chi connectivity index (χ1n) is 8.85. The maximum Gasteiger partial charge on any atom is 0.266 e. The van der Waals surface area contributed by atoms with Crippen LogP contribution in [0.2, 0.25) is 5.02 Å². The van der Waals surface area contributed by atoms with Crippen molar-refractivity contribution in [2.75, 3.05) is 5.32 Å². The van der Waals surface area contributed by atoms with Crippen LogP contribution in [0.1, 0.15) is 15.4 Å². The molecule has 2 heterocycles. The first-order chi connectivity index (χ1) is 14.0. The van der Waals surface area contributed by atoms with E-state index in [4.69, 9.17) is 11.6 Å². The van der Waals surface area contributed by atoms with E-state index in [1.54, 1.807) is 41.9 Å². The second-order valence-corrected chi connectivity index (χ2v) is 7.71. The molecule has 0 spiro atoms. The van der Waals surface area contributed by atoms with Crippen molar-refractivity contribution in [3.8, 4) is 16.8 Å². The van der Waals surface area contributed by atoms with E-state index in [9.17, 15) is 9.59 Å². The van der Waals surface area contributed by atoms with Crippen LogP contribution in [-0.2, 0) is 0 Å². The molecule has 0 aliphatic rings. The zero-order chi connectivity index (χ0) is 20.4. The number of carbonyl (C=O) groups is 1. The number of hydrogen-bond acceptors (Lipinski definition) is 4. The van der Waals surface area contributed by atoms with Gasteiger partial charge < -0.3 is 5.32 Å². The molecule has 0 radical (unpaired) electrons. The lowest BCUT2D eigenvalue weighted by atomic mass is 10.1. The van der Waals surface area contributed by atoms with Gasteiger partial charge in [-0.05, 0) is 42.1 Å². The van der Waals surface area contributed by atoms with E-state index in [1.807, 2.05) is 41.8 Å². The molecule has 4 rings (SSSR count). The van der Waals surface area contributed by atoms with Crippen LogP contribution in [0, 0.1) is 6.92 Å². The Morgan fingerprint density at radius 1 is 1.07 bits per heavy atom. The second kappa shape index (κ2) is 8.03. The number of amides is 1. The molecule has 7 heteroatoms. The molecule has 1 N–H and O–H groups in total. The standard InChI is InChI=1S/C22H16ClN3O2S/c1-14-20(27)19(15-7-3-2-4-8-15)21(24-22(28)18-11-6-12-29-18)26(25-14)17-10-5-9-16(23)13-17/h2-13H,1H3,(H,24,28). The molecule has 1 amide bonds. The second-order valence-electron chi connectivity index (χ2n) is 6.33. The summed E-state index contributed by atoms with van der Waals surface area (Å²) in [6, 6.07) is 19.9. The smallest absolute Gasteiger partial charge is 0.266 e. The summed E-state index contributed by atoms with van der Waals surface area (Å²) in [4.78, 5) is 26.4. The molecule has 0 aliphatic carbocycles. The fourth-order valence-corrected chi connectivity index (χ4v) is 3.80. The van der Waals surface area contributed by atoms with E-state index < -0.39 is 0 Å². The average Bonchev–Trinajstić information content (AvgIpc) is 3.26. The molecule has 29 heavy (non-hydrogen) atoms. The Balaban J connectivity index is 1.99. The fraction of sp³-hybridized carbons (Fsp3) is 0.0455. The average molecular weight is 422 g/mol. The molecule has 2 aromatic carbocycles. The van der Waals surface area contributed by atoms with E-state index in [0.29, 0.717) is 38.2 Å². The van der Waals surface area contributed by atoms with Gasteiger partial charge in [-0.1, -0.05) is 54.1 Å². The molecule has 144 valence electrons. The summed E-state index contributed by atoms with van der Waals surface area (Å²) in [5, 5.41) is 9.68. The van der Waals surface area contributed by atoms with Crippen LogP contribution in [0.15, 0.2) is 76.9 Å². The van der Waals surface area contributed by atoms with Gasteiger partial charge in [-0.3, -0.25) is 9.59 Å². The lowest BCUT2D eigenvalue weighted by molar-refractivity contribution is 0.102. The van der Waals surface area contributed by atoms with Crippen LogP contribution in [0.3, 0.4) is 0 Å². The zero-order valence-electron chi connectivity index (χ0n) is 15.4. The third-order valence-corrected chi connectivity index (χ3v) is 5.45. The Morgan fingerprint density at radius 3 is 2.55 bits per heavy atom. The lowest BCUT2D eigenvalue weighted by Crippen LogP contribution is -2.24. The van der Waals surface area contributed by atoms with Crippen molar-refractivity contribution in [2.24, 2.45) is 0 Å². The quantitative estimate of drug-likeness (QED) is 0.494. The number of anilines is 1. The predicted molar refractivity (Wildman–Crippen MR) is 117 cm³/mol. The van der Waals surface area contributed by atoms with Crippen LogP contribution >= 0.6 is 22.9 Å². The van der Waals surface area contributed by atoms with Gasteiger partial charge in [0, 0.05) is 5.02 Å². The largest absolute Gasteiger partial charge is 0.305 e. The highest BCUT2D eigenvalue weighted by atomic mass is 35.5. The van der Waals surface area contributed by atoms with Crippen LogP contribution in [0.4, 0.5) is 5.82 Å². The highest BCUT2D eigenvalue weighted by Gasteiger charge is 2.21. The summed E-state index contributed by atoms with van der Waals surface area (Å²) in [6.07, 6.45) is 0. The number of rotatable bonds is 4.